The summed E-state index contributed by atoms with van der Waals surface area (Å²) in [6.45, 7) is 0.620. The van der Waals surface area contributed by atoms with Gasteiger partial charge in [-0.1, -0.05) is 0 Å². The van der Waals surface area contributed by atoms with Crippen molar-refractivity contribution in [1.82, 2.24) is 14.4 Å². The predicted octanol–water partition coefficient (Wildman–Crippen LogP) is 1.90. The van der Waals surface area contributed by atoms with Crippen LogP contribution < -0.4 is 5.73 Å². The van der Waals surface area contributed by atoms with Gasteiger partial charge in [-0.05, 0) is 30.8 Å². The largest absolute Gasteiger partial charge is 0.330 e. The molecule has 0 aliphatic carbocycles. The summed E-state index contributed by atoms with van der Waals surface area (Å²) in [5.41, 5.74) is 9.98. The van der Waals surface area contributed by atoms with Gasteiger partial charge in [0, 0.05) is 36.3 Å². The molecule has 3 aromatic heterocycles. The zero-order chi connectivity index (χ0) is 12.4. The smallest absolute Gasteiger partial charge is 0.0640 e. The molecule has 0 aromatic carbocycles. The van der Waals surface area contributed by atoms with Gasteiger partial charge in [0.25, 0.3) is 0 Å². The molecular weight excluding hydrogens is 224 g/mol. The minimum absolute atomic E-state index is 0.620. The van der Waals surface area contributed by atoms with Crippen molar-refractivity contribution in [3.8, 4) is 11.3 Å². The summed E-state index contributed by atoms with van der Waals surface area (Å²) in [6.07, 6.45) is 8.25. The van der Waals surface area contributed by atoms with Crippen LogP contribution in [-0.4, -0.2) is 20.9 Å². The maximum Gasteiger partial charge on any atom is 0.0640 e. The fourth-order valence-electron chi connectivity index (χ4n) is 2.12. The number of fused-ring (bicyclic) bond motifs is 1. The molecule has 3 aromatic rings. The quantitative estimate of drug-likeness (QED) is 0.758. The van der Waals surface area contributed by atoms with E-state index in [1.54, 1.807) is 6.20 Å². The standard InChI is InChI=1S/C14H14N4/c15-5-3-12-9-11(4-6-17-12)14-2-1-13-10-16-7-8-18(13)14/h1-2,4,6-10H,3,5,15H2. The third kappa shape index (κ3) is 1.87. The molecule has 0 spiro atoms. The molecule has 90 valence electrons. The minimum Gasteiger partial charge on any atom is -0.330 e. The Balaban J connectivity index is 2.11. The van der Waals surface area contributed by atoms with E-state index in [1.165, 1.54) is 0 Å². The Bertz CT molecular complexity index is 672. The van der Waals surface area contributed by atoms with E-state index in [9.17, 15) is 0 Å². The number of hydrogen-bond donors (Lipinski definition) is 1. The van der Waals surface area contributed by atoms with Crippen LogP contribution in [0.1, 0.15) is 5.69 Å². The van der Waals surface area contributed by atoms with Gasteiger partial charge in [0.05, 0.1) is 17.4 Å². The molecule has 0 saturated carbocycles. The highest BCUT2D eigenvalue weighted by Gasteiger charge is 2.05. The lowest BCUT2D eigenvalue weighted by Crippen LogP contribution is -2.04. The van der Waals surface area contributed by atoms with Crippen LogP contribution >= 0.6 is 0 Å². The van der Waals surface area contributed by atoms with Crippen molar-refractivity contribution in [2.24, 2.45) is 5.73 Å². The van der Waals surface area contributed by atoms with Crippen molar-refractivity contribution in [2.75, 3.05) is 6.54 Å². The van der Waals surface area contributed by atoms with Crippen LogP contribution in [0.3, 0.4) is 0 Å². The van der Waals surface area contributed by atoms with Crippen LogP contribution in [0.4, 0.5) is 0 Å². The Morgan fingerprint density at radius 1 is 1.17 bits per heavy atom. The molecule has 0 aliphatic rings. The monoisotopic (exact) mass is 238 g/mol. The van der Waals surface area contributed by atoms with Crippen LogP contribution in [0.25, 0.3) is 16.8 Å². The zero-order valence-electron chi connectivity index (χ0n) is 9.95. The topological polar surface area (TPSA) is 56.2 Å². The number of hydrogen-bond acceptors (Lipinski definition) is 3. The van der Waals surface area contributed by atoms with Crippen LogP contribution in [0.15, 0.2) is 49.1 Å². The van der Waals surface area contributed by atoms with Gasteiger partial charge in [0.15, 0.2) is 0 Å². The first-order chi connectivity index (χ1) is 8.88. The number of nitrogens with two attached hydrogens (primary N) is 1. The van der Waals surface area contributed by atoms with Crippen molar-refractivity contribution >= 4 is 5.52 Å². The van der Waals surface area contributed by atoms with E-state index in [0.717, 1.165) is 28.9 Å². The van der Waals surface area contributed by atoms with Gasteiger partial charge in [0.2, 0.25) is 0 Å². The first kappa shape index (κ1) is 10.9. The predicted molar refractivity (Wildman–Crippen MR) is 71.2 cm³/mol. The first-order valence-electron chi connectivity index (χ1n) is 5.95. The van der Waals surface area contributed by atoms with E-state index in [2.05, 4.69) is 32.6 Å². The van der Waals surface area contributed by atoms with E-state index in [0.29, 0.717) is 6.54 Å². The molecule has 0 amide bonds. The second-order valence-corrected chi connectivity index (χ2v) is 4.16. The second-order valence-electron chi connectivity index (χ2n) is 4.16. The Morgan fingerprint density at radius 3 is 3.00 bits per heavy atom. The van der Waals surface area contributed by atoms with Gasteiger partial charge < -0.3 is 10.1 Å². The number of pyridine rings is 1. The molecule has 0 bridgehead atoms. The van der Waals surface area contributed by atoms with Crippen molar-refractivity contribution in [3.63, 3.8) is 0 Å². The molecule has 18 heavy (non-hydrogen) atoms. The summed E-state index contributed by atoms with van der Waals surface area (Å²) in [4.78, 5) is 8.43. The van der Waals surface area contributed by atoms with Gasteiger partial charge in [-0.25, -0.2) is 0 Å². The average Bonchev–Trinajstić information content (AvgIpc) is 2.83. The van der Waals surface area contributed by atoms with Crippen molar-refractivity contribution in [2.45, 2.75) is 6.42 Å². The maximum absolute atomic E-state index is 5.57. The molecule has 3 heterocycles. The molecule has 0 radical (unpaired) electrons. The summed E-state index contributed by atoms with van der Waals surface area (Å²) in [5, 5.41) is 0. The third-order valence-electron chi connectivity index (χ3n) is 2.97. The molecule has 3 rings (SSSR count). The van der Waals surface area contributed by atoms with Gasteiger partial charge >= 0.3 is 0 Å². The zero-order valence-corrected chi connectivity index (χ0v) is 9.95. The number of rotatable bonds is 3. The molecule has 0 atom stereocenters. The highest BCUT2D eigenvalue weighted by molar-refractivity contribution is 5.66. The van der Waals surface area contributed by atoms with E-state index in [1.807, 2.05) is 24.7 Å². The van der Waals surface area contributed by atoms with Crippen molar-refractivity contribution in [3.05, 3.63) is 54.7 Å². The summed E-state index contributed by atoms with van der Waals surface area (Å²) >= 11 is 0. The maximum atomic E-state index is 5.57. The minimum atomic E-state index is 0.620. The van der Waals surface area contributed by atoms with E-state index < -0.39 is 0 Å². The van der Waals surface area contributed by atoms with Crippen LogP contribution in [0, 0.1) is 0 Å². The Kier molecular flexibility index (Phi) is 2.78. The summed E-state index contributed by atoms with van der Waals surface area (Å²) in [7, 11) is 0. The Hall–Kier alpha value is -2.20. The lowest BCUT2D eigenvalue weighted by Gasteiger charge is -2.04. The van der Waals surface area contributed by atoms with Gasteiger partial charge in [0.1, 0.15) is 0 Å². The fraction of sp³-hybridized carbons (Fsp3) is 0.143. The second kappa shape index (κ2) is 4.58. The van der Waals surface area contributed by atoms with Crippen molar-refractivity contribution < 1.29 is 0 Å². The average molecular weight is 238 g/mol. The third-order valence-corrected chi connectivity index (χ3v) is 2.97. The normalized spacial score (nSPS) is 10.9. The molecule has 0 aliphatic heterocycles. The highest BCUT2D eigenvalue weighted by Crippen LogP contribution is 2.22. The molecule has 0 unspecified atom stereocenters. The molecule has 0 fully saturated rings. The summed E-state index contributed by atoms with van der Waals surface area (Å²) in [6, 6.07) is 8.27. The van der Waals surface area contributed by atoms with Gasteiger partial charge in [-0.15, -0.1) is 0 Å². The Morgan fingerprint density at radius 2 is 2.11 bits per heavy atom. The summed E-state index contributed by atoms with van der Waals surface area (Å²) < 4.78 is 2.12. The van der Waals surface area contributed by atoms with E-state index in [4.69, 9.17) is 5.73 Å². The number of aromatic nitrogens is 3. The van der Waals surface area contributed by atoms with Crippen LogP contribution in [0.5, 0.6) is 0 Å². The fourth-order valence-corrected chi connectivity index (χ4v) is 2.12. The van der Waals surface area contributed by atoms with Gasteiger partial charge in [-0.3, -0.25) is 9.97 Å². The highest BCUT2D eigenvalue weighted by atomic mass is 14.9. The van der Waals surface area contributed by atoms with Crippen LogP contribution in [-0.2, 0) is 6.42 Å². The van der Waals surface area contributed by atoms with Crippen LogP contribution in [0.2, 0.25) is 0 Å². The summed E-state index contributed by atoms with van der Waals surface area (Å²) in [5.74, 6) is 0. The first-order valence-corrected chi connectivity index (χ1v) is 5.95. The lowest BCUT2D eigenvalue weighted by atomic mass is 10.1. The molecule has 0 saturated heterocycles. The van der Waals surface area contributed by atoms with E-state index in [-0.39, 0.29) is 0 Å². The molecular formula is C14H14N4. The molecule has 2 N–H and O–H groups in total. The number of nitrogens with zero attached hydrogens (tertiary/aromatic N) is 3. The van der Waals surface area contributed by atoms with Gasteiger partial charge in [-0.2, -0.15) is 0 Å². The molecule has 4 nitrogen and oxygen atoms in total. The van der Waals surface area contributed by atoms with Crippen molar-refractivity contribution in [1.29, 1.82) is 0 Å². The van der Waals surface area contributed by atoms with E-state index >= 15 is 0 Å². The molecule has 4 heteroatoms. The lowest BCUT2D eigenvalue weighted by molar-refractivity contribution is 0.923. The SMILES string of the molecule is NCCc1cc(-c2ccc3cnccn23)ccn1. The Labute approximate surface area is 105 Å².